The Morgan fingerprint density at radius 3 is 2.65 bits per heavy atom. The third-order valence-corrected chi connectivity index (χ3v) is 4.16. The van der Waals surface area contributed by atoms with E-state index in [9.17, 15) is 14.7 Å². The summed E-state index contributed by atoms with van der Waals surface area (Å²) in [7, 11) is 0. The van der Waals surface area contributed by atoms with Crippen LogP contribution in [0.2, 0.25) is 0 Å². The van der Waals surface area contributed by atoms with Crippen molar-refractivity contribution in [1.29, 1.82) is 0 Å². The quantitative estimate of drug-likeness (QED) is 0.901. The van der Waals surface area contributed by atoms with Crippen LogP contribution in [0.5, 0.6) is 0 Å². The van der Waals surface area contributed by atoms with Crippen molar-refractivity contribution in [3.8, 4) is 0 Å². The molecule has 0 bridgehead atoms. The monoisotopic (exact) mass is 297 g/mol. The van der Waals surface area contributed by atoms with Crippen molar-refractivity contribution in [3.63, 3.8) is 0 Å². The van der Waals surface area contributed by atoms with Gasteiger partial charge in [0.2, 0.25) is 0 Å². The first-order valence-corrected chi connectivity index (χ1v) is 7.46. The van der Waals surface area contributed by atoms with E-state index in [0.29, 0.717) is 23.5 Å². The number of piperidine rings is 1. The van der Waals surface area contributed by atoms with Crippen molar-refractivity contribution < 1.29 is 14.7 Å². The summed E-state index contributed by atoms with van der Waals surface area (Å²) in [4.78, 5) is 25.9. The summed E-state index contributed by atoms with van der Waals surface area (Å²) in [6, 6.07) is -0.730. The van der Waals surface area contributed by atoms with Gasteiger partial charge < -0.3 is 10.0 Å². The van der Waals surface area contributed by atoms with E-state index in [1.165, 1.54) is 4.90 Å². The highest BCUT2D eigenvalue weighted by Gasteiger charge is 2.36. The summed E-state index contributed by atoms with van der Waals surface area (Å²) >= 11 is 1.05. The second-order valence-electron chi connectivity index (χ2n) is 6.05. The van der Waals surface area contributed by atoms with Crippen LogP contribution in [0.15, 0.2) is 0 Å². The highest BCUT2D eigenvalue weighted by Crippen LogP contribution is 2.29. The molecule has 0 radical (unpaired) electrons. The first-order valence-electron chi connectivity index (χ1n) is 6.69. The van der Waals surface area contributed by atoms with E-state index < -0.39 is 12.0 Å². The number of hydrogen-bond acceptors (Lipinski definition) is 5. The van der Waals surface area contributed by atoms with Crippen molar-refractivity contribution in [2.24, 2.45) is 0 Å². The summed E-state index contributed by atoms with van der Waals surface area (Å²) in [5.74, 6) is -1.19. The highest BCUT2D eigenvalue weighted by atomic mass is 32.1. The Bertz CT molecular complexity index is 521. The summed E-state index contributed by atoms with van der Waals surface area (Å²) in [6.07, 6.45) is 2.19. The lowest BCUT2D eigenvalue weighted by molar-refractivity contribution is -0.143. The standard InChI is InChI=1S/C13H19N3O3S/c1-13(2,3)10-9(20-15-14-10)11(17)16-7-5-4-6-8(16)12(18)19/h8H,4-7H2,1-3H3,(H,18,19)/t8-/m0/s1. The van der Waals surface area contributed by atoms with Gasteiger partial charge in [0.25, 0.3) is 5.91 Å². The van der Waals surface area contributed by atoms with Crippen molar-refractivity contribution >= 4 is 23.4 Å². The van der Waals surface area contributed by atoms with Crippen LogP contribution in [0, 0.1) is 0 Å². The Hall–Kier alpha value is -1.50. The summed E-state index contributed by atoms with van der Waals surface area (Å²) in [5.41, 5.74) is 0.356. The molecule has 1 aliphatic heterocycles. The van der Waals surface area contributed by atoms with Gasteiger partial charge >= 0.3 is 5.97 Å². The van der Waals surface area contributed by atoms with Crippen LogP contribution in [0.4, 0.5) is 0 Å². The number of aliphatic carboxylic acids is 1. The van der Waals surface area contributed by atoms with Crippen LogP contribution in [0.3, 0.4) is 0 Å². The lowest BCUT2D eigenvalue weighted by atomic mass is 9.91. The normalized spacial score (nSPS) is 19.9. The van der Waals surface area contributed by atoms with Gasteiger partial charge in [-0.15, -0.1) is 5.10 Å². The third kappa shape index (κ3) is 2.82. The van der Waals surface area contributed by atoms with E-state index in [-0.39, 0.29) is 11.3 Å². The molecule has 2 heterocycles. The van der Waals surface area contributed by atoms with Gasteiger partial charge in [-0.05, 0) is 30.8 Å². The number of carbonyl (C=O) groups is 2. The van der Waals surface area contributed by atoms with E-state index in [1.54, 1.807) is 0 Å². The fraction of sp³-hybridized carbons (Fsp3) is 0.692. The van der Waals surface area contributed by atoms with Crippen LogP contribution in [0.25, 0.3) is 0 Å². The molecule has 1 saturated heterocycles. The van der Waals surface area contributed by atoms with Crippen molar-refractivity contribution in [1.82, 2.24) is 14.5 Å². The Kier molecular flexibility index (Phi) is 4.08. The fourth-order valence-electron chi connectivity index (χ4n) is 2.38. The number of carbonyl (C=O) groups excluding carboxylic acids is 1. The topological polar surface area (TPSA) is 83.4 Å². The molecule has 1 atom stereocenters. The molecule has 0 unspecified atom stereocenters. The number of likely N-dealkylation sites (tertiary alicyclic amines) is 1. The predicted molar refractivity (Wildman–Crippen MR) is 74.9 cm³/mol. The number of aromatic nitrogens is 2. The third-order valence-electron chi connectivity index (χ3n) is 3.44. The number of carboxylic acid groups (broad SMARTS) is 1. The second kappa shape index (κ2) is 5.47. The largest absolute Gasteiger partial charge is 0.480 e. The number of amides is 1. The molecule has 20 heavy (non-hydrogen) atoms. The first-order chi connectivity index (χ1) is 9.32. The molecular formula is C13H19N3O3S. The van der Waals surface area contributed by atoms with Gasteiger partial charge in [0, 0.05) is 12.0 Å². The minimum absolute atomic E-state index is 0.253. The van der Waals surface area contributed by atoms with E-state index in [1.807, 2.05) is 20.8 Å². The van der Waals surface area contributed by atoms with Crippen LogP contribution < -0.4 is 0 Å². The van der Waals surface area contributed by atoms with Crippen LogP contribution >= 0.6 is 11.5 Å². The second-order valence-corrected chi connectivity index (χ2v) is 6.80. The molecule has 0 spiro atoms. The van der Waals surface area contributed by atoms with Gasteiger partial charge in [0.1, 0.15) is 10.9 Å². The number of carboxylic acids is 1. The molecule has 1 fully saturated rings. The summed E-state index contributed by atoms with van der Waals surface area (Å²) in [5, 5.41) is 13.3. The first kappa shape index (κ1) is 14.9. The minimum Gasteiger partial charge on any atom is -0.480 e. The van der Waals surface area contributed by atoms with E-state index in [4.69, 9.17) is 0 Å². The Morgan fingerprint density at radius 2 is 2.05 bits per heavy atom. The molecule has 1 amide bonds. The molecule has 0 aromatic carbocycles. The smallest absolute Gasteiger partial charge is 0.326 e. The fourth-order valence-corrected chi connectivity index (χ4v) is 3.22. The molecule has 0 aliphatic carbocycles. The summed E-state index contributed by atoms with van der Waals surface area (Å²) < 4.78 is 3.87. The number of rotatable bonds is 2. The summed E-state index contributed by atoms with van der Waals surface area (Å²) in [6.45, 7) is 6.37. The van der Waals surface area contributed by atoms with Gasteiger partial charge in [-0.3, -0.25) is 4.79 Å². The van der Waals surface area contributed by atoms with E-state index in [0.717, 1.165) is 24.4 Å². The molecular weight excluding hydrogens is 278 g/mol. The van der Waals surface area contributed by atoms with Gasteiger partial charge in [-0.25, -0.2) is 4.79 Å². The van der Waals surface area contributed by atoms with Gasteiger partial charge in [-0.1, -0.05) is 25.3 Å². The number of hydrogen-bond donors (Lipinski definition) is 1. The average molecular weight is 297 g/mol. The SMILES string of the molecule is CC(C)(C)c1nnsc1C(=O)N1CCCC[C@H]1C(=O)O. The molecule has 110 valence electrons. The van der Waals surface area contributed by atoms with E-state index in [2.05, 4.69) is 9.59 Å². The maximum Gasteiger partial charge on any atom is 0.326 e. The maximum absolute atomic E-state index is 12.6. The lowest BCUT2D eigenvalue weighted by Crippen LogP contribution is -2.48. The van der Waals surface area contributed by atoms with Gasteiger partial charge in [0.05, 0.1) is 5.69 Å². The molecule has 1 aromatic rings. The molecule has 1 aliphatic rings. The van der Waals surface area contributed by atoms with Gasteiger partial charge in [0.15, 0.2) is 0 Å². The van der Waals surface area contributed by atoms with E-state index >= 15 is 0 Å². The predicted octanol–water partition coefficient (Wildman–Crippen LogP) is 1.91. The minimum atomic E-state index is -0.937. The van der Waals surface area contributed by atoms with Crippen LogP contribution in [0.1, 0.15) is 55.4 Å². The Labute approximate surface area is 122 Å². The van der Waals surface area contributed by atoms with Gasteiger partial charge in [-0.2, -0.15) is 0 Å². The van der Waals surface area contributed by atoms with Crippen LogP contribution in [-0.4, -0.2) is 44.1 Å². The zero-order valence-corrected chi connectivity index (χ0v) is 12.7. The Balaban J connectivity index is 2.31. The molecule has 2 rings (SSSR count). The number of nitrogens with zero attached hydrogens (tertiary/aromatic N) is 3. The van der Waals surface area contributed by atoms with Crippen molar-refractivity contribution in [3.05, 3.63) is 10.6 Å². The van der Waals surface area contributed by atoms with Crippen LogP contribution in [-0.2, 0) is 10.2 Å². The Morgan fingerprint density at radius 1 is 1.35 bits per heavy atom. The average Bonchev–Trinajstić information content (AvgIpc) is 2.87. The molecule has 0 saturated carbocycles. The molecule has 1 aromatic heterocycles. The molecule has 7 heteroatoms. The zero-order chi connectivity index (χ0) is 14.9. The lowest BCUT2D eigenvalue weighted by Gasteiger charge is -2.33. The highest BCUT2D eigenvalue weighted by molar-refractivity contribution is 7.08. The van der Waals surface area contributed by atoms with Crippen molar-refractivity contribution in [2.45, 2.75) is 51.5 Å². The maximum atomic E-state index is 12.6. The molecule has 6 nitrogen and oxygen atoms in total. The zero-order valence-electron chi connectivity index (χ0n) is 11.9. The van der Waals surface area contributed by atoms with Crippen molar-refractivity contribution in [2.75, 3.05) is 6.54 Å². The molecule has 1 N–H and O–H groups in total.